The number of nitrogens with zero attached hydrogens (tertiary/aromatic N) is 2. The lowest BCUT2D eigenvalue weighted by Crippen LogP contribution is -1.97. The molecule has 0 fully saturated rings. The molecule has 0 radical (unpaired) electrons. The topological polar surface area (TPSA) is 48.2 Å². The van der Waals surface area contributed by atoms with Crippen LogP contribution in [0.25, 0.3) is 43.4 Å². The van der Waals surface area contributed by atoms with E-state index in [1.165, 1.54) is 57.1 Å². The Morgan fingerprint density at radius 1 is 0.769 bits per heavy atom. The molecule has 5 aromatic rings. The molecule has 0 N–H and O–H groups in total. The van der Waals surface area contributed by atoms with Gasteiger partial charge in [-0.05, 0) is 66.6 Å². The highest BCUT2D eigenvalue weighted by molar-refractivity contribution is 7.23. The van der Waals surface area contributed by atoms with Crippen molar-refractivity contribution in [2.45, 2.75) is 58.3 Å². The lowest BCUT2D eigenvalue weighted by Gasteiger charge is -2.06. The van der Waals surface area contributed by atoms with E-state index in [2.05, 4.69) is 23.2 Å². The zero-order valence-electron chi connectivity index (χ0n) is 22.1. The van der Waals surface area contributed by atoms with Crippen molar-refractivity contribution in [2.24, 2.45) is 0 Å². The summed E-state index contributed by atoms with van der Waals surface area (Å²) in [6.45, 7) is 3.00. The molecule has 202 valence electrons. The number of benzene rings is 3. The summed E-state index contributed by atoms with van der Waals surface area (Å²) in [4.78, 5) is 1.01. The van der Waals surface area contributed by atoms with Crippen LogP contribution in [0, 0.1) is 5.82 Å². The fourth-order valence-corrected chi connectivity index (χ4v) is 6.13. The molecule has 0 saturated carbocycles. The Morgan fingerprint density at radius 3 is 2.03 bits per heavy atom. The number of hydrogen-bond donors (Lipinski definition) is 0. The van der Waals surface area contributed by atoms with Crippen LogP contribution >= 0.6 is 22.9 Å². The van der Waals surface area contributed by atoms with Crippen LogP contribution in [0.15, 0.2) is 71.1 Å². The van der Waals surface area contributed by atoms with Crippen molar-refractivity contribution in [3.8, 4) is 39.1 Å². The Morgan fingerprint density at radius 2 is 1.36 bits per heavy atom. The van der Waals surface area contributed by atoms with Crippen LogP contribution in [0.1, 0.15) is 58.3 Å². The number of rotatable bonds is 13. The maximum absolute atomic E-state index is 13.2. The zero-order valence-corrected chi connectivity index (χ0v) is 23.7. The molecule has 0 aliphatic heterocycles. The van der Waals surface area contributed by atoms with Gasteiger partial charge in [0.1, 0.15) is 11.6 Å². The summed E-state index contributed by atoms with van der Waals surface area (Å²) in [6, 6.07) is 20.0. The van der Waals surface area contributed by atoms with Crippen molar-refractivity contribution >= 4 is 33.0 Å². The molecule has 0 saturated heterocycles. The van der Waals surface area contributed by atoms with Gasteiger partial charge in [0.25, 0.3) is 0 Å². The normalized spacial score (nSPS) is 11.4. The first kappa shape index (κ1) is 27.4. The van der Waals surface area contributed by atoms with Gasteiger partial charge in [0.2, 0.25) is 11.8 Å². The first-order valence-electron chi connectivity index (χ1n) is 13.7. The Balaban J connectivity index is 1.20. The average molecular weight is 563 g/mol. The number of fused-ring (bicyclic) bond motifs is 1. The zero-order chi connectivity index (χ0) is 27.0. The number of thiophene rings is 1. The van der Waals surface area contributed by atoms with E-state index in [-0.39, 0.29) is 5.82 Å². The highest BCUT2D eigenvalue weighted by atomic mass is 35.5. The van der Waals surface area contributed by atoms with Crippen LogP contribution in [0.5, 0.6) is 5.75 Å². The largest absolute Gasteiger partial charge is 0.494 e. The standard InChI is InChI=1S/C32H32ClFN2O2S/c1-2-3-4-5-6-7-8-9-20-37-26-18-19-27-28(21-26)39-30(29(27)33)22-10-12-23(13-11-22)31-35-36-32(38-31)24-14-16-25(34)17-15-24/h10-19,21H,2-9,20H2,1H3. The van der Waals surface area contributed by atoms with Crippen molar-refractivity contribution in [1.82, 2.24) is 10.2 Å². The number of hydrogen-bond acceptors (Lipinski definition) is 5. The quantitative estimate of drug-likeness (QED) is 0.134. The van der Waals surface area contributed by atoms with Gasteiger partial charge in [-0.3, -0.25) is 0 Å². The van der Waals surface area contributed by atoms with Gasteiger partial charge >= 0.3 is 0 Å². The smallest absolute Gasteiger partial charge is 0.248 e. The molecule has 39 heavy (non-hydrogen) atoms. The van der Waals surface area contributed by atoms with Gasteiger partial charge in [0, 0.05) is 21.2 Å². The van der Waals surface area contributed by atoms with Crippen molar-refractivity contribution in [1.29, 1.82) is 0 Å². The summed E-state index contributed by atoms with van der Waals surface area (Å²) >= 11 is 8.45. The molecule has 0 spiro atoms. The Labute approximate surface area is 237 Å². The third kappa shape index (κ3) is 6.87. The molecule has 0 amide bonds. The van der Waals surface area contributed by atoms with Crippen molar-refractivity contribution in [3.05, 3.63) is 77.6 Å². The first-order chi connectivity index (χ1) is 19.1. The molecule has 0 bridgehead atoms. The second-order valence-corrected chi connectivity index (χ2v) is 11.2. The van der Waals surface area contributed by atoms with Gasteiger partial charge in [-0.15, -0.1) is 21.5 Å². The number of aromatic nitrogens is 2. The molecule has 5 rings (SSSR count). The monoisotopic (exact) mass is 562 g/mol. The lowest BCUT2D eigenvalue weighted by atomic mass is 10.1. The first-order valence-corrected chi connectivity index (χ1v) is 14.9. The van der Waals surface area contributed by atoms with Crippen LogP contribution in [-0.2, 0) is 0 Å². The number of halogens is 2. The highest BCUT2D eigenvalue weighted by Gasteiger charge is 2.15. The predicted octanol–water partition coefficient (Wildman–Crippen LogP) is 10.6. The second-order valence-electron chi connectivity index (χ2n) is 9.72. The van der Waals surface area contributed by atoms with Gasteiger partial charge in [-0.2, -0.15) is 0 Å². The minimum Gasteiger partial charge on any atom is -0.494 e. The van der Waals surface area contributed by atoms with Crippen LogP contribution in [0.4, 0.5) is 4.39 Å². The molecule has 0 aliphatic carbocycles. The Kier molecular flexibility index (Phi) is 9.27. The van der Waals surface area contributed by atoms with Crippen LogP contribution < -0.4 is 4.74 Å². The summed E-state index contributed by atoms with van der Waals surface area (Å²) < 4.78 is 26.2. The molecule has 0 unspecified atom stereocenters. The van der Waals surface area contributed by atoms with Crippen LogP contribution in [-0.4, -0.2) is 16.8 Å². The molecular formula is C32H32ClFN2O2S. The van der Waals surface area contributed by atoms with E-state index in [0.29, 0.717) is 17.3 Å². The van der Waals surface area contributed by atoms with Gasteiger partial charge in [0.15, 0.2) is 0 Å². The fraction of sp³-hybridized carbons (Fsp3) is 0.312. The molecular weight excluding hydrogens is 531 g/mol. The highest BCUT2D eigenvalue weighted by Crippen LogP contribution is 2.43. The molecule has 3 aromatic carbocycles. The second kappa shape index (κ2) is 13.2. The maximum atomic E-state index is 13.2. The average Bonchev–Trinajstić information content (AvgIpc) is 3.58. The lowest BCUT2D eigenvalue weighted by molar-refractivity contribution is 0.304. The van der Waals surface area contributed by atoms with Gasteiger partial charge in [0.05, 0.1) is 16.5 Å². The number of ether oxygens (including phenoxy) is 1. The Bertz CT molecular complexity index is 1500. The molecule has 0 atom stereocenters. The van der Waals surface area contributed by atoms with Crippen LogP contribution in [0.3, 0.4) is 0 Å². The van der Waals surface area contributed by atoms with E-state index >= 15 is 0 Å². The maximum Gasteiger partial charge on any atom is 0.248 e. The van der Waals surface area contributed by atoms with E-state index in [1.54, 1.807) is 23.5 Å². The predicted molar refractivity (Wildman–Crippen MR) is 159 cm³/mol. The summed E-state index contributed by atoms with van der Waals surface area (Å²) in [6.07, 6.45) is 10.3. The molecule has 2 heterocycles. The van der Waals surface area contributed by atoms with Crippen LogP contribution in [0.2, 0.25) is 5.02 Å². The third-order valence-corrected chi connectivity index (χ3v) is 8.48. The van der Waals surface area contributed by atoms with Gasteiger partial charge < -0.3 is 9.15 Å². The number of unbranched alkanes of at least 4 members (excludes halogenated alkanes) is 7. The van der Waals surface area contributed by atoms with Crippen molar-refractivity contribution in [3.63, 3.8) is 0 Å². The van der Waals surface area contributed by atoms with Crippen molar-refractivity contribution in [2.75, 3.05) is 6.61 Å². The summed E-state index contributed by atoms with van der Waals surface area (Å²) in [5, 5.41) is 10.0. The van der Waals surface area contributed by atoms with E-state index in [0.717, 1.165) is 49.9 Å². The third-order valence-electron chi connectivity index (χ3n) is 6.78. The summed E-state index contributed by atoms with van der Waals surface area (Å²) in [7, 11) is 0. The minimum atomic E-state index is -0.309. The Hall–Kier alpha value is -3.22. The SMILES string of the molecule is CCCCCCCCCCOc1ccc2c(Cl)c(-c3ccc(-c4nnc(-c5ccc(F)cc5)o4)cc3)sc2c1. The molecule has 4 nitrogen and oxygen atoms in total. The van der Waals surface area contributed by atoms with Gasteiger partial charge in [-0.25, -0.2) is 4.39 Å². The fourth-order valence-electron chi connectivity index (χ4n) is 4.56. The van der Waals surface area contributed by atoms with Gasteiger partial charge in [-0.1, -0.05) is 75.6 Å². The van der Waals surface area contributed by atoms with E-state index in [9.17, 15) is 4.39 Å². The summed E-state index contributed by atoms with van der Waals surface area (Å²) in [5.41, 5.74) is 2.49. The minimum absolute atomic E-state index is 0.309. The molecule has 2 aromatic heterocycles. The molecule has 7 heteroatoms. The summed E-state index contributed by atoms with van der Waals surface area (Å²) in [5.74, 6) is 1.33. The van der Waals surface area contributed by atoms with Crippen molar-refractivity contribution < 1.29 is 13.5 Å². The van der Waals surface area contributed by atoms with E-state index in [1.807, 2.05) is 36.4 Å². The van der Waals surface area contributed by atoms with E-state index in [4.69, 9.17) is 20.8 Å². The van der Waals surface area contributed by atoms with E-state index < -0.39 is 0 Å². The molecule has 0 aliphatic rings.